The van der Waals surface area contributed by atoms with E-state index >= 15 is 0 Å². The van der Waals surface area contributed by atoms with Crippen LogP contribution in [0.3, 0.4) is 0 Å². The molecule has 0 spiro atoms. The van der Waals surface area contributed by atoms with Crippen molar-refractivity contribution >= 4 is 23.4 Å². The van der Waals surface area contributed by atoms with Gasteiger partial charge in [0.05, 0.1) is 6.61 Å². The van der Waals surface area contributed by atoms with E-state index in [0.717, 1.165) is 11.3 Å². The summed E-state index contributed by atoms with van der Waals surface area (Å²) in [4.78, 5) is 26.5. The average Bonchev–Trinajstić information content (AvgIpc) is 2.74. The summed E-state index contributed by atoms with van der Waals surface area (Å²) in [5.41, 5.74) is -0.673. The number of aromatic nitrogens is 1. The summed E-state index contributed by atoms with van der Waals surface area (Å²) >= 11 is 1.14. The lowest BCUT2D eigenvalue weighted by molar-refractivity contribution is 0.0467. The Hall–Kier alpha value is -1.67. The Morgan fingerprint density at radius 2 is 2.15 bits per heavy atom. The summed E-state index contributed by atoms with van der Waals surface area (Å²) < 4.78 is 10.2. The molecule has 0 bridgehead atoms. The van der Waals surface area contributed by atoms with Crippen LogP contribution in [0.15, 0.2) is 5.38 Å². The molecule has 20 heavy (non-hydrogen) atoms. The van der Waals surface area contributed by atoms with Gasteiger partial charge in [0.2, 0.25) is 0 Å². The van der Waals surface area contributed by atoms with Gasteiger partial charge in [-0.05, 0) is 20.8 Å². The van der Waals surface area contributed by atoms with Gasteiger partial charge in [-0.1, -0.05) is 0 Å². The molecule has 2 N–H and O–H groups in total. The van der Waals surface area contributed by atoms with Gasteiger partial charge in [0.25, 0.3) is 0 Å². The fourth-order valence-corrected chi connectivity index (χ4v) is 2.17. The Morgan fingerprint density at radius 1 is 1.50 bits per heavy atom. The van der Waals surface area contributed by atoms with Crippen LogP contribution in [0.25, 0.3) is 0 Å². The van der Waals surface area contributed by atoms with Crippen LogP contribution in [-0.2, 0) is 9.47 Å². The van der Waals surface area contributed by atoms with Crippen LogP contribution in [-0.4, -0.2) is 41.5 Å². The van der Waals surface area contributed by atoms with Crippen molar-refractivity contribution in [3.05, 3.63) is 16.1 Å². The quantitative estimate of drug-likeness (QED) is 0.864. The molecule has 0 aliphatic rings. The number of nitrogens with zero attached hydrogens (tertiary/aromatic N) is 1. The summed E-state index contributed by atoms with van der Waals surface area (Å²) in [6.45, 7) is 5.43. The molecule has 0 fully saturated rings. The first kappa shape index (κ1) is 16.4. The van der Waals surface area contributed by atoms with E-state index in [0.29, 0.717) is 5.01 Å². The predicted molar refractivity (Wildman–Crippen MR) is 73.1 cm³/mol. The minimum Gasteiger partial charge on any atom is -0.476 e. The number of methoxy groups -OCH3 is 1. The fourth-order valence-electron chi connectivity index (χ4n) is 1.34. The molecule has 1 aromatic rings. The van der Waals surface area contributed by atoms with E-state index in [2.05, 4.69) is 10.3 Å². The van der Waals surface area contributed by atoms with Gasteiger partial charge < -0.3 is 19.9 Å². The zero-order valence-electron chi connectivity index (χ0n) is 11.8. The molecule has 0 aromatic carbocycles. The Kier molecular flexibility index (Phi) is 5.46. The molecular weight excluding hydrogens is 284 g/mol. The van der Waals surface area contributed by atoms with Crippen molar-refractivity contribution in [1.29, 1.82) is 0 Å². The molecule has 1 aromatic heterocycles. The number of carboxylic acid groups (broad SMARTS) is 1. The van der Waals surface area contributed by atoms with Crippen LogP contribution in [0, 0.1) is 0 Å². The second-order valence-electron chi connectivity index (χ2n) is 5.03. The molecular formula is C12H18N2O5S. The number of hydrogen-bond acceptors (Lipinski definition) is 6. The van der Waals surface area contributed by atoms with Crippen molar-refractivity contribution in [2.45, 2.75) is 32.4 Å². The molecule has 7 nitrogen and oxygen atoms in total. The van der Waals surface area contributed by atoms with Crippen LogP contribution in [0.5, 0.6) is 0 Å². The van der Waals surface area contributed by atoms with E-state index in [-0.39, 0.29) is 12.3 Å². The first-order valence-electron chi connectivity index (χ1n) is 5.90. The molecule has 8 heteroatoms. The third kappa shape index (κ3) is 5.14. The maximum absolute atomic E-state index is 11.7. The summed E-state index contributed by atoms with van der Waals surface area (Å²) in [6, 6.07) is -0.548. The lowest BCUT2D eigenvalue weighted by atomic mass is 10.2. The maximum atomic E-state index is 11.7. The fraction of sp³-hybridized carbons (Fsp3) is 0.583. The highest BCUT2D eigenvalue weighted by atomic mass is 32.1. The number of carboxylic acids is 1. The van der Waals surface area contributed by atoms with Gasteiger partial charge in [-0.3, -0.25) is 0 Å². The Balaban J connectivity index is 2.77. The molecule has 1 amide bonds. The molecule has 0 saturated heterocycles. The Bertz CT molecular complexity index is 480. The number of ether oxygens (including phenoxy) is 2. The minimum absolute atomic E-state index is 0.0582. The summed E-state index contributed by atoms with van der Waals surface area (Å²) in [7, 11) is 1.48. The second kappa shape index (κ2) is 6.67. The van der Waals surface area contributed by atoms with Crippen LogP contribution >= 0.6 is 11.3 Å². The standard InChI is InChI=1S/C12H18N2O5S/c1-12(2,3)19-11(17)14-7(5-18-4)9-13-8(6-20-9)10(15)16/h6-7H,5H2,1-4H3,(H,14,17)(H,15,16)/t7-/m1/s1. The van der Waals surface area contributed by atoms with E-state index in [9.17, 15) is 9.59 Å². The topological polar surface area (TPSA) is 97.8 Å². The smallest absolute Gasteiger partial charge is 0.408 e. The number of alkyl carbamates (subject to hydrolysis) is 1. The molecule has 0 aliphatic heterocycles. The zero-order chi connectivity index (χ0) is 15.3. The number of aromatic carboxylic acids is 1. The number of rotatable bonds is 5. The van der Waals surface area contributed by atoms with Crippen molar-refractivity contribution in [3.63, 3.8) is 0 Å². The maximum Gasteiger partial charge on any atom is 0.408 e. The van der Waals surface area contributed by atoms with Crippen molar-refractivity contribution in [3.8, 4) is 0 Å². The van der Waals surface area contributed by atoms with Crippen molar-refractivity contribution < 1.29 is 24.2 Å². The SMILES string of the molecule is COC[C@@H](NC(=O)OC(C)(C)C)c1nc(C(=O)O)cs1. The van der Waals surface area contributed by atoms with Gasteiger partial charge >= 0.3 is 12.1 Å². The van der Waals surface area contributed by atoms with Crippen LogP contribution in [0.1, 0.15) is 42.3 Å². The van der Waals surface area contributed by atoms with Crippen molar-refractivity contribution in [1.82, 2.24) is 10.3 Å². The lowest BCUT2D eigenvalue weighted by Gasteiger charge is -2.22. The summed E-state index contributed by atoms with van der Waals surface area (Å²) in [5.74, 6) is -1.11. The highest BCUT2D eigenvalue weighted by Crippen LogP contribution is 2.19. The predicted octanol–water partition coefficient (Wildman–Crippen LogP) is 2.05. The molecule has 0 saturated carbocycles. The highest BCUT2D eigenvalue weighted by Gasteiger charge is 2.23. The zero-order valence-corrected chi connectivity index (χ0v) is 12.6. The van der Waals surface area contributed by atoms with E-state index in [1.54, 1.807) is 20.8 Å². The number of thiazole rings is 1. The third-order valence-corrected chi connectivity index (χ3v) is 3.02. The second-order valence-corrected chi connectivity index (χ2v) is 5.92. The van der Waals surface area contributed by atoms with Gasteiger partial charge in [-0.15, -0.1) is 11.3 Å². The van der Waals surface area contributed by atoms with Gasteiger partial charge in [-0.25, -0.2) is 14.6 Å². The Labute approximate surface area is 120 Å². The van der Waals surface area contributed by atoms with Crippen LogP contribution in [0.4, 0.5) is 4.79 Å². The van der Waals surface area contributed by atoms with Gasteiger partial charge in [0.15, 0.2) is 5.69 Å². The van der Waals surface area contributed by atoms with Crippen LogP contribution in [0.2, 0.25) is 0 Å². The first-order chi connectivity index (χ1) is 9.23. The number of carbonyl (C=O) groups excluding carboxylic acids is 1. The van der Waals surface area contributed by atoms with E-state index in [1.807, 2.05) is 0 Å². The molecule has 112 valence electrons. The van der Waals surface area contributed by atoms with Gasteiger partial charge in [-0.2, -0.15) is 0 Å². The molecule has 1 atom stereocenters. The lowest BCUT2D eigenvalue weighted by Crippen LogP contribution is -2.36. The number of hydrogen-bond donors (Lipinski definition) is 2. The summed E-state index contributed by atoms with van der Waals surface area (Å²) in [5, 5.41) is 13.3. The molecule has 1 heterocycles. The molecule has 0 radical (unpaired) electrons. The highest BCUT2D eigenvalue weighted by molar-refractivity contribution is 7.09. The van der Waals surface area contributed by atoms with Crippen LogP contribution < -0.4 is 5.32 Å². The van der Waals surface area contributed by atoms with E-state index in [4.69, 9.17) is 14.6 Å². The van der Waals surface area contributed by atoms with Crippen molar-refractivity contribution in [2.75, 3.05) is 13.7 Å². The number of carbonyl (C=O) groups is 2. The normalized spacial score (nSPS) is 12.8. The van der Waals surface area contributed by atoms with Gasteiger partial charge in [0.1, 0.15) is 16.7 Å². The molecule has 1 rings (SSSR count). The first-order valence-corrected chi connectivity index (χ1v) is 6.78. The average molecular weight is 302 g/mol. The van der Waals surface area contributed by atoms with E-state index < -0.39 is 23.7 Å². The van der Waals surface area contributed by atoms with Crippen molar-refractivity contribution in [2.24, 2.45) is 0 Å². The van der Waals surface area contributed by atoms with Gasteiger partial charge in [0, 0.05) is 12.5 Å². The minimum atomic E-state index is -1.11. The Morgan fingerprint density at radius 3 is 2.60 bits per heavy atom. The monoisotopic (exact) mass is 302 g/mol. The number of amides is 1. The largest absolute Gasteiger partial charge is 0.476 e. The summed E-state index contributed by atoms with van der Waals surface area (Å²) in [6.07, 6.45) is -0.605. The number of nitrogens with one attached hydrogen (secondary N) is 1. The molecule has 0 aliphatic carbocycles. The molecule has 0 unspecified atom stereocenters. The third-order valence-electron chi connectivity index (χ3n) is 2.06. The van der Waals surface area contributed by atoms with E-state index in [1.165, 1.54) is 12.5 Å².